The van der Waals surface area contributed by atoms with E-state index in [9.17, 15) is 13.2 Å². The van der Waals surface area contributed by atoms with E-state index in [4.69, 9.17) is 21.1 Å². The van der Waals surface area contributed by atoms with Gasteiger partial charge in [-0.15, -0.1) is 0 Å². The number of amides is 1. The summed E-state index contributed by atoms with van der Waals surface area (Å²) in [7, 11) is -0.413. The molecule has 0 unspecified atom stereocenters. The molecule has 0 aromatic heterocycles. The molecule has 180 valence electrons. The van der Waals surface area contributed by atoms with Crippen molar-refractivity contribution < 1.29 is 22.7 Å². The number of hydrogen-bond acceptors (Lipinski definition) is 5. The van der Waals surface area contributed by atoms with Gasteiger partial charge >= 0.3 is 0 Å². The van der Waals surface area contributed by atoms with Crippen molar-refractivity contribution in [1.82, 2.24) is 5.32 Å². The van der Waals surface area contributed by atoms with Crippen LogP contribution in [0.3, 0.4) is 0 Å². The molecule has 3 rings (SSSR count). The highest BCUT2D eigenvalue weighted by Crippen LogP contribution is 2.28. The number of benzene rings is 3. The smallest absolute Gasteiger partial charge is 0.251 e. The summed E-state index contributed by atoms with van der Waals surface area (Å²) in [6, 6.07) is 19.1. The molecular weight excluding hydrogens is 476 g/mol. The van der Waals surface area contributed by atoms with Crippen molar-refractivity contribution in [1.29, 1.82) is 0 Å². The number of carbonyl (C=O) groups is 1. The van der Waals surface area contributed by atoms with Gasteiger partial charge in [0, 0.05) is 17.1 Å². The normalized spacial score (nSPS) is 11.1. The van der Waals surface area contributed by atoms with Crippen LogP contribution in [0, 0.1) is 0 Å². The summed E-state index contributed by atoms with van der Waals surface area (Å²) in [5.74, 6) is 1.03. The highest BCUT2D eigenvalue weighted by molar-refractivity contribution is 7.92. The summed E-state index contributed by atoms with van der Waals surface area (Å²) < 4.78 is 36.6. The zero-order chi connectivity index (χ0) is 24.7. The van der Waals surface area contributed by atoms with E-state index in [0.717, 1.165) is 11.8 Å². The van der Waals surface area contributed by atoms with Crippen LogP contribution in [-0.2, 0) is 23.0 Å². The Morgan fingerprint density at radius 1 is 0.971 bits per heavy atom. The summed E-state index contributed by atoms with van der Waals surface area (Å²) >= 11 is 6.21. The van der Waals surface area contributed by atoms with Gasteiger partial charge in [-0.1, -0.05) is 35.9 Å². The predicted octanol–water partition coefficient (Wildman–Crippen LogP) is 4.30. The molecule has 1 amide bonds. The van der Waals surface area contributed by atoms with Gasteiger partial charge in [-0.2, -0.15) is 0 Å². The molecule has 0 saturated heterocycles. The zero-order valence-corrected chi connectivity index (χ0v) is 20.8. The third kappa shape index (κ3) is 6.42. The average Bonchev–Trinajstić information content (AvgIpc) is 2.82. The summed E-state index contributed by atoms with van der Waals surface area (Å²) in [5, 5.41) is 3.37. The van der Waals surface area contributed by atoms with Gasteiger partial charge in [0.2, 0.25) is 10.0 Å². The molecule has 1 N–H and O–H groups in total. The minimum atomic E-state index is -3.57. The molecule has 7 nitrogen and oxygen atoms in total. The molecule has 0 atom stereocenters. The molecule has 3 aromatic carbocycles. The fraction of sp³-hybridized carbons (Fsp3) is 0.240. The topological polar surface area (TPSA) is 84.9 Å². The lowest BCUT2D eigenvalue weighted by Gasteiger charge is -2.23. The fourth-order valence-electron chi connectivity index (χ4n) is 3.42. The maximum Gasteiger partial charge on any atom is 0.251 e. The standard InChI is InChI=1S/C25H27ClN2O5S/c1-32-23-13-8-18(16-24(23)33-2)14-15-27-25(29)19-9-11-21(12-10-19)28(34(3,30)31)17-20-6-4-5-7-22(20)26/h4-13,16H,14-15,17H2,1-3H3,(H,27,29). The van der Waals surface area contributed by atoms with Crippen molar-refractivity contribution in [3.8, 4) is 11.5 Å². The van der Waals surface area contributed by atoms with Gasteiger partial charge in [0.1, 0.15) is 0 Å². The first kappa shape index (κ1) is 25.4. The van der Waals surface area contributed by atoms with E-state index < -0.39 is 10.0 Å². The molecule has 0 saturated carbocycles. The van der Waals surface area contributed by atoms with Crippen molar-refractivity contribution in [2.24, 2.45) is 0 Å². The SMILES string of the molecule is COc1ccc(CCNC(=O)c2ccc(N(Cc3ccccc3Cl)S(C)(=O)=O)cc2)cc1OC. The Bertz CT molecular complexity index is 1250. The molecule has 0 spiro atoms. The zero-order valence-electron chi connectivity index (χ0n) is 19.2. The molecule has 9 heteroatoms. The van der Waals surface area contributed by atoms with Gasteiger partial charge in [0.05, 0.1) is 32.7 Å². The lowest BCUT2D eigenvalue weighted by atomic mass is 10.1. The number of methoxy groups -OCH3 is 2. The minimum Gasteiger partial charge on any atom is -0.493 e. The van der Waals surface area contributed by atoms with Crippen LogP contribution in [0.15, 0.2) is 66.7 Å². The second-order valence-corrected chi connectivity index (χ2v) is 9.92. The Balaban J connectivity index is 1.65. The summed E-state index contributed by atoms with van der Waals surface area (Å²) in [5.41, 5.74) is 2.56. The summed E-state index contributed by atoms with van der Waals surface area (Å²) in [6.07, 6.45) is 1.75. The van der Waals surface area contributed by atoms with E-state index in [-0.39, 0.29) is 12.5 Å². The van der Waals surface area contributed by atoms with Crippen molar-refractivity contribution >= 4 is 33.2 Å². The first-order chi connectivity index (χ1) is 16.2. The van der Waals surface area contributed by atoms with Crippen LogP contribution in [-0.4, -0.2) is 41.3 Å². The van der Waals surface area contributed by atoms with E-state index in [1.807, 2.05) is 18.2 Å². The van der Waals surface area contributed by atoms with Crippen molar-refractivity contribution in [3.05, 3.63) is 88.4 Å². The van der Waals surface area contributed by atoms with Gasteiger partial charge in [0.15, 0.2) is 11.5 Å². The number of anilines is 1. The Labute approximate surface area is 205 Å². The predicted molar refractivity (Wildman–Crippen MR) is 135 cm³/mol. The van der Waals surface area contributed by atoms with Crippen LogP contribution in [0.1, 0.15) is 21.5 Å². The first-order valence-corrected chi connectivity index (χ1v) is 12.8. The lowest BCUT2D eigenvalue weighted by Crippen LogP contribution is -2.29. The molecular formula is C25H27ClN2O5S. The quantitative estimate of drug-likeness (QED) is 0.447. The van der Waals surface area contributed by atoms with Crippen LogP contribution < -0.4 is 19.1 Å². The molecule has 34 heavy (non-hydrogen) atoms. The van der Waals surface area contributed by atoms with E-state index in [1.165, 1.54) is 4.31 Å². The summed E-state index contributed by atoms with van der Waals surface area (Å²) in [4.78, 5) is 12.6. The Morgan fingerprint density at radius 3 is 2.26 bits per heavy atom. The van der Waals surface area contributed by atoms with Crippen LogP contribution in [0.2, 0.25) is 5.02 Å². The number of sulfonamides is 1. The van der Waals surface area contributed by atoms with E-state index >= 15 is 0 Å². The largest absolute Gasteiger partial charge is 0.493 e. The molecule has 0 heterocycles. The van der Waals surface area contributed by atoms with Crippen molar-refractivity contribution in [3.63, 3.8) is 0 Å². The maximum absolute atomic E-state index is 12.6. The van der Waals surface area contributed by atoms with Crippen LogP contribution in [0.25, 0.3) is 0 Å². The molecule has 0 fully saturated rings. The lowest BCUT2D eigenvalue weighted by molar-refractivity contribution is 0.0954. The number of ether oxygens (including phenoxy) is 2. The second kappa shape index (κ2) is 11.3. The Morgan fingerprint density at radius 2 is 1.65 bits per heavy atom. The van der Waals surface area contributed by atoms with Crippen LogP contribution in [0.5, 0.6) is 11.5 Å². The number of carbonyl (C=O) groups excluding carboxylic acids is 1. The van der Waals surface area contributed by atoms with Gasteiger partial charge in [-0.05, 0) is 60.0 Å². The highest BCUT2D eigenvalue weighted by atomic mass is 35.5. The molecule has 0 aliphatic rings. The summed E-state index contributed by atoms with van der Waals surface area (Å²) in [6.45, 7) is 0.521. The first-order valence-electron chi connectivity index (χ1n) is 10.5. The fourth-order valence-corrected chi connectivity index (χ4v) is 4.49. The molecule has 0 aliphatic carbocycles. The third-order valence-electron chi connectivity index (χ3n) is 5.24. The van der Waals surface area contributed by atoms with Crippen LogP contribution >= 0.6 is 11.6 Å². The third-order valence-corrected chi connectivity index (χ3v) is 6.75. The van der Waals surface area contributed by atoms with Crippen molar-refractivity contribution in [2.75, 3.05) is 31.3 Å². The van der Waals surface area contributed by atoms with Gasteiger partial charge in [-0.25, -0.2) is 8.42 Å². The number of halogens is 1. The Kier molecular flexibility index (Phi) is 8.41. The van der Waals surface area contributed by atoms with Gasteiger partial charge in [0.25, 0.3) is 5.91 Å². The van der Waals surface area contributed by atoms with Crippen molar-refractivity contribution in [2.45, 2.75) is 13.0 Å². The van der Waals surface area contributed by atoms with E-state index in [0.29, 0.717) is 46.3 Å². The van der Waals surface area contributed by atoms with Gasteiger partial charge < -0.3 is 14.8 Å². The average molecular weight is 503 g/mol. The van der Waals surface area contributed by atoms with Crippen LogP contribution in [0.4, 0.5) is 5.69 Å². The number of rotatable bonds is 10. The molecule has 3 aromatic rings. The molecule has 0 radical (unpaired) electrons. The Hall–Kier alpha value is -3.23. The minimum absolute atomic E-state index is 0.0926. The number of nitrogens with one attached hydrogen (secondary N) is 1. The number of nitrogens with zero attached hydrogens (tertiary/aromatic N) is 1. The molecule has 0 bridgehead atoms. The highest BCUT2D eigenvalue weighted by Gasteiger charge is 2.19. The number of hydrogen-bond donors (Lipinski definition) is 1. The van der Waals surface area contributed by atoms with E-state index in [2.05, 4.69) is 5.32 Å². The van der Waals surface area contributed by atoms with Gasteiger partial charge in [-0.3, -0.25) is 9.10 Å². The second-order valence-electron chi connectivity index (χ2n) is 7.60. The monoisotopic (exact) mass is 502 g/mol. The maximum atomic E-state index is 12.6. The molecule has 0 aliphatic heterocycles. The van der Waals surface area contributed by atoms with E-state index in [1.54, 1.807) is 62.8 Å².